The van der Waals surface area contributed by atoms with Crippen LogP contribution in [0.4, 0.5) is 4.39 Å². The van der Waals surface area contributed by atoms with Gasteiger partial charge in [0, 0.05) is 25.7 Å². The fourth-order valence-electron chi connectivity index (χ4n) is 2.14. The van der Waals surface area contributed by atoms with E-state index in [-0.39, 0.29) is 5.82 Å². The van der Waals surface area contributed by atoms with Crippen molar-refractivity contribution in [1.82, 2.24) is 10.2 Å². The number of rotatable bonds is 7. The third kappa shape index (κ3) is 4.04. The summed E-state index contributed by atoms with van der Waals surface area (Å²) in [5.41, 5.74) is 0.991. The van der Waals surface area contributed by atoms with Gasteiger partial charge >= 0.3 is 0 Å². The standard InChI is InChI=1S/C14H20BrFN2/c1-2-18(12-4-5-12)8-7-17-10-11-3-6-13(15)14(16)9-11/h3,6,9,12,17H,2,4-5,7-8,10H2,1H3. The van der Waals surface area contributed by atoms with E-state index in [9.17, 15) is 4.39 Å². The number of halogens is 2. The minimum Gasteiger partial charge on any atom is -0.311 e. The molecule has 0 atom stereocenters. The molecule has 1 aliphatic carbocycles. The maximum Gasteiger partial charge on any atom is 0.137 e. The van der Waals surface area contributed by atoms with E-state index < -0.39 is 0 Å². The minimum absolute atomic E-state index is 0.192. The molecule has 4 heteroatoms. The van der Waals surface area contributed by atoms with Crippen LogP contribution in [0.1, 0.15) is 25.3 Å². The second kappa shape index (κ2) is 6.64. The Hall–Kier alpha value is -0.450. The molecule has 0 unspecified atom stereocenters. The molecule has 0 aromatic heterocycles. The summed E-state index contributed by atoms with van der Waals surface area (Å²) in [6, 6.07) is 6.10. The zero-order valence-electron chi connectivity index (χ0n) is 10.8. The van der Waals surface area contributed by atoms with Crippen molar-refractivity contribution in [3.8, 4) is 0 Å². The number of benzene rings is 1. The summed E-state index contributed by atoms with van der Waals surface area (Å²) in [5.74, 6) is -0.192. The maximum atomic E-state index is 13.3. The SMILES string of the molecule is CCN(CCNCc1ccc(Br)c(F)c1)C1CC1. The molecule has 0 aliphatic heterocycles. The number of hydrogen-bond acceptors (Lipinski definition) is 2. The zero-order chi connectivity index (χ0) is 13.0. The highest BCUT2D eigenvalue weighted by atomic mass is 79.9. The minimum atomic E-state index is -0.192. The number of nitrogens with zero attached hydrogens (tertiary/aromatic N) is 1. The quantitative estimate of drug-likeness (QED) is 0.778. The van der Waals surface area contributed by atoms with E-state index in [1.54, 1.807) is 12.1 Å². The fourth-order valence-corrected chi connectivity index (χ4v) is 2.39. The van der Waals surface area contributed by atoms with Crippen LogP contribution in [0, 0.1) is 5.82 Å². The summed E-state index contributed by atoms with van der Waals surface area (Å²) in [5, 5.41) is 3.37. The average Bonchev–Trinajstić information content (AvgIpc) is 3.18. The van der Waals surface area contributed by atoms with E-state index >= 15 is 0 Å². The highest BCUT2D eigenvalue weighted by Crippen LogP contribution is 2.25. The van der Waals surface area contributed by atoms with Crippen LogP contribution in [0.15, 0.2) is 22.7 Å². The molecule has 1 saturated carbocycles. The van der Waals surface area contributed by atoms with Crippen molar-refractivity contribution in [2.75, 3.05) is 19.6 Å². The largest absolute Gasteiger partial charge is 0.311 e. The van der Waals surface area contributed by atoms with Crippen molar-refractivity contribution in [2.24, 2.45) is 0 Å². The Morgan fingerprint density at radius 1 is 1.44 bits per heavy atom. The van der Waals surface area contributed by atoms with E-state index in [2.05, 4.69) is 33.1 Å². The number of hydrogen-bond donors (Lipinski definition) is 1. The van der Waals surface area contributed by atoms with Gasteiger partial charge in [-0.3, -0.25) is 4.90 Å². The van der Waals surface area contributed by atoms with Crippen LogP contribution >= 0.6 is 15.9 Å². The van der Waals surface area contributed by atoms with E-state index in [1.165, 1.54) is 12.8 Å². The smallest absolute Gasteiger partial charge is 0.137 e. The summed E-state index contributed by atoms with van der Waals surface area (Å²) in [4.78, 5) is 2.51. The van der Waals surface area contributed by atoms with Crippen molar-refractivity contribution in [1.29, 1.82) is 0 Å². The van der Waals surface area contributed by atoms with Gasteiger partial charge in [0.15, 0.2) is 0 Å². The molecule has 18 heavy (non-hydrogen) atoms. The second-order valence-electron chi connectivity index (χ2n) is 4.79. The molecule has 0 heterocycles. The van der Waals surface area contributed by atoms with Gasteiger partial charge in [0.2, 0.25) is 0 Å². The van der Waals surface area contributed by atoms with Crippen molar-refractivity contribution < 1.29 is 4.39 Å². The van der Waals surface area contributed by atoms with Crippen LogP contribution in [0.25, 0.3) is 0 Å². The van der Waals surface area contributed by atoms with Crippen LogP contribution in [-0.4, -0.2) is 30.6 Å². The number of nitrogens with one attached hydrogen (secondary N) is 1. The van der Waals surface area contributed by atoms with Crippen molar-refractivity contribution in [2.45, 2.75) is 32.4 Å². The summed E-state index contributed by atoms with van der Waals surface area (Å²) in [7, 11) is 0. The van der Waals surface area contributed by atoms with Gasteiger partial charge in [0.1, 0.15) is 5.82 Å². The highest BCUT2D eigenvalue weighted by molar-refractivity contribution is 9.10. The Balaban J connectivity index is 1.69. The van der Waals surface area contributed by atoms with Gasteiger partial charge in [-0.05, 0) is 53.0 Å². The molecule has 1 aromatic carbocycles. The summed E-state index contributed by atoms with van der Waals surface area (Å²) >= 11 is 3.16. The van der Waals surface area contributed by atoms with E-state index in [4.69, 9.17) is 0 Å². The Kier molecular flexibility index (Phi) is 5.15. The van der Waals surface area contributed by atoms with E-state index in [0.29, 0.717) is 4.47 Å². The molecule has 2 rings (SSSR count). The van der Waals surface area contributed by atoms with Crippen molar-refractivity contribution in [3.05, 3.63) is 34.1 Å². The van der Waals surface area contributed by atoms with Crippen molar-refractivity contribution in [3.63, 3.8) is 0 Å². The second-order valence-corrected chi connectivity index (χ2v) is 5.64. The topological polar surface area (TPSA) is 15.3 Å². The Morgan fingerprint density at radius 2 is 2.22 bits per heavy atom. The first-order chi connectivity index (χ1) is 8.70. The van der Waals surface area contributed by atoms with Crippen LogP contribution < -0.4 is 5.32 Å². The lowest BCUT2D eigenvalue weighted by Crippen LogP contribution is -2.33. The van der Waals surface area contributed by atoms with E-state index in [0.717, 1.165) is 37.8 Å². The lowest BCUT2D eigenvalue weighted by atomic mass is 10.2. The third-order valence-corrected chi connectivity index (χ3v) is 4.00. The fraction of sp³-hybridized carbons (Fsp3) is 0.571. The van der Waals surface area contributed by atoms with E-state index in [1.807, 2.05) is 6.07 Å². The molecule has 0 saturated heterocycles. The summed E-state index contributed by atoms with van der Waals surface area (Å²) < 4.78 is 13.8. The molecule has 0 radical (unpaired) electrons. The molecule has 0 amide bonds. The van der Waals surface area contributed by atoms with Crippen LogP contribution in [0.5, 0.6) is 0 Å². The van der Waals surface area contributed by atoms with Gasteiger partial charge in [0.25, 0.3) is 0 Å². The van der Waals surface area contributed by atoms with Gasteiger partial charge in [-0.1, -0.05) is 13.0 Å². The van der Waals surface area contributed by atoms with Gasteiger partial charge in [0.05, 0.1) is 4.47 Å². The molecule has 100 valence electrons. The Morgan fingerprint density at radius 3 is 2.83 bits per heavy atom. The predicted molar refractivity (Wildman–Crippen MR) is 76.1 cm³/mol. The summed E-state index contributed by atoms with van der Waals surface area (Å²) in [6.45, 7) is 6.11. The van der Waals surface area contributed by atoms with Gasteiger partial charge in [-0.15, -0.1) is 0 Å². The first kappa shape index (κ1) is 14.0. The van der Waals surface area contributed by atoms with Gasteiger partial charge in [-0.2, -0.15) is 0 Å². The average molecular weight is 315 g/mol. The molecule has 1 aromatic rings. The van der Waals surface area contributed by atoms with Gasteiger partial charge < -0.3 is 5.32 Å². The molecule has 0 bridgehead atoms. The molecule has 2 nitrogen and oxygen atoms in total. The first-order valence-corrected chi connectivity index (χ1v) is 7.38. The lowest BCUT2D eigenvalue weighted by molar-refractivity contribution is 0.277. The van der Waals surface area contributed by atoms with Crippen molar-refractivity contribution >= 4 is 15.9 Å². The maximum absolute atomic E-state index is 13.3. The first-order valence-electron chi connectivity index (χ1n) is 6.59. The summed E-state index contributed by atoms with van der Waals surface area (Å²) in [6.07, 6.45) is 2.71. The van der Waals surface area contributed by atoms with Crippen LogP contribution in [0.3, 0.4) is 0 Å². The normalized spacial score (nSPS) is 15.3. The van der Waals surface area contributed by atoms with Gasteiger partial charge in [-0.25, -0.2) is 4.39 Å². The Labute approximate surface area is 117 Å². The lowest BCUT2D eigenvalue weighted by Gasteiger charge is -2.19. The number of likely N-dealkylation sites (N-methyl/N-ethyl adjacent to an activating group) is 1. The Bertz CT molecular complexity index is 393. The molecular weight excluding hydrogens is 295 g/mol. The third-order valence-electron chi connectivity index (χ3n) is 3.36. The highest BCUT2D eigenvalue weighted by Gasteiger charge is 2.26. The molecule has 1 aliphatic rings. The monoisotopic (exact) mass is 314 g/mol. The molecule has 1 fully saturated rings. The zero-order valence-corrected chi connectivity index (χ0v) is 12.3. The molecule has 1 N–H and O–H groups in total. The van der Waals surface area contributed by atoms with Crippen LogP contribution in [0.2, 0.25) is 0 Å². The van der Waals surface area contributed by atoms with Crippen LogP contribution in [-0.2, 0) is 6.54 Å². The predicted octanol–water partition coefficient (Wildman–Crippen LogP) is 3.16. The molecular formula is C14H20BrFN2. The molecule has 0 spiro atoms.